The number of fused-ring (bicyclic) bond motifs is 3. The summed E-state index contributed by atoms with van der Waals surface area (Å²) in [4.78, 5) is 12.4. The summed E-state index contributed by atoms with van der Waals surface area (Å²) in [5.74, 6) is 0.227. The van der Waals surface area contributed by atoms with Gasteiger partial charge in [-0.2, -0.15) is 0 Å². The van der Waals surface area contributed by atoms with Gasteiger partial charge in [-0.1, -0.05) is 0 Å². The fraction of sp³-hybridized carbons (Fsp3) is 0.476. The van der Waals surface area contributed by atoms with Crippen LogP contribution in [0.3, 0.4) is 0 Å². The van der Waals surface area contributed by atoms with Crippen LogP contribution in [0.25, 0.3) is 12.2 Å². The third-order valence-corrected chi connectivity index (χ3v) is 4.25. The molecule has 3 rings (SSSR count). The van der Waals surface area contributed by atoms with Gasteiger partial charge in [0, 0.05) is 0 Å². The topological polar surface area (TPSA) is 65.0 Å². The second-order valence-corrected chi connectivity index (χ2v) is 8.88. The first kappa shape index (κ1) is 18.4. The van der Waals surface area contributed by atoms with E-state index in [9.17, 15) is 9.90 Å². The lowest BCUT2D eigenvalue weighted by Crippen LogP contribution is -2.31. The Labute approximate surface area is 154 Å². The molecule has 0 aromatic heterocycles. The number of carbonyl (C=O) groups is 1. The maximum atomic E-state index is 12.4. The molecule has 1 N–H and O–H groups in total. The second kappa shape index (κ2) is 5.53. The highest BCUT2D eigenvalue weighted by Gasteiger charge is 2.37. The summed E-state index contributed by atoms with van der Waals surface area (Å²) >= 11 is 0. The maximum absolute atomic E-state index is 12.4. The van der Waals surface area contributed by atoms with Crippen molar-refractivity contribution in [3.05, 3.63) is 23.3 Å². The summed E-state index contributed by atoms with van der Waals surface area (Å²) < 4.78 is 17.7. The van der Waals surface area contributed by atoms with Crippen molar-refractivity contribution in [3.8, 4) is 23.0 Å². The van der Waals surface area contributed by atoms with Crippen molar-refractivity contribution in [3.63, 3.8) is 0 Å². The van der Waals surface area contributed by atoms with E-state index < -0.39 is 22.6 Å². The molecule has 0 unspecified atom stereocenters. The molecule has 2 aliphatic rings. The quantitative estimate of drug-likeness (QED) is 0.582. The molecule has 2 heterocycles. The SMILES string of the molecule is CC1(C)C=Cc2c(c(O)c(OC(=O)C(C)(C)C)c3c2OC(C)(C)C=C3)O1. The van der Waals surface area contributed by atoms with E-state index in [0.29, 0.717) is 16.9 Å². The average Bonchev–Trinajstić information content (AvgIpc) is 2.48. The molecule has 1 aromatic carbocycles. The van der Waals surface area contributed by atoms with Gasteiger partial charge < -0.3 is 19.3 Å². The predicted octanol–water partition coefficient (Wildman–Crippen LogP) is 4.71. The first-order chi connectivity index (χ1) is 11.8. The van der Waals surface area contributed by atoms with Gasteiger partial charge in [0.15, 0.2) is 11.5 Å². The molecule has 0 aliphatic carbocycles. The number of hydrogen-bond acceptors (Lipinski definition) is 5. The molecule has 1 aromatic rings. The molecule has 26 heavy (non-hydrogen) atoms. The van der Waals surface area contributed by atoms with Crippen molar-refractivity contribution < 1.29 is 24.1 Å². The van der Waals surface area contributed by atoms with E-state index in [1.807, 2.05) is 52.0 Å². The lowest BCUT2D eigenvalue weighted by molar-refractivity contribution is -0.143. The van der Waals surface area contributed by atoms with E-state index in [2.05, 4.69) is 0 Å². The third kappa shape index (κ3) is 3.18. The van der Waals surface area contributed by atoms with Gasteiger partial charge in [0.1, 0.15) is 17.0 Å². The van der Waals surface area contributed by atoms with Crippen LogP contribution in [0.2, 0.25) is 0 Å². The van der Waals surface area contributed by atoms with Crippen molar-refractivity contribution in [2.24, 2.45) is 5.41 Å². The van der Waals surface area contributed by atoms with E-state index in [4.69, 9.17) is 14.2 Å². The van der Waals surface area contributed by atoms with Crippen LogP contribution in [0.1, 0.15) is 59.6 Å². The highest BCUT2D eigenvalue weighted by atomic mass is 16.6. The van der Waals surface area contributed by atoms with Crippen LogP contribution in [0.5, 0.6) is 23.0 Å². The zero-order valence-electron chi connectivity index (χ0n) is 16.4. The van der Waals surface area contributed by atoms with Crippen LogP contribution in [-0.2, 0) is 4.79 Å². The minimum absolute atomic E-state index is 0.0662. The van der Waals surface area contributed by atoms with E-state index in [1.54, 1.807) is 20.8 Å². The molecule has 140 valence electrons. The van der Waals surface area contributed by atoms with Crippen LogP contribution in [0, 0.1) is 5.41 Å². The number of phenolic OH excluding ortho intramolecular Hbond substituents is 1. The number of aromatic hydroxyl groups is 1. The molecule has 0 saturated heterocycles. The first-order valence-electron chi connectivity index (χ1n) is 8.72. The fourth-order valence-electron chi connectivity index (χ4n) is 2.74. The zero-order valence-corrected chi connectivity index (χ0v) is 16.4. The van der Waals surface area contributed by atoms with Crippen LogP contribution in [-0.4, -0.2) is 22.3 Å². The minimum atomic E-state index is -0.715. The van der Waals surface area contributed by atoms with Gasteiger partial charge in [-0.15, -0.1) is 0 Å². The van der Waals surface area contributed by atoms with Gasteiger partial charge in [0.2, 0.25) is 5.75 Å². The monoisotopic (exact) mass is 358 g/mol. The molecule has 2 aliphatic heterocycles. The summed E-state index contributed by atoms with van der Waals surface area (Å²) in [6.07, 6.45) is 7.47. The maximum Gasteiger partial charge on any atom is 0.316 e. The van der Waals surface area contributed by atoms with E-state index in [0.717, 1.165) is 0 Å². The van der Waals surface area contributed by atoms with Crippen molar-refractivity contribution in [1.82, 2.24) is 0 Å². The van der Waals surface area contributed by atoms with Crippen LogP contribution < -0.4 is 14.2 Å². The highest BCUT2D eigenvalue weighted by molar-refractivity contribution is 5.87. The minimum Gasteiger partial charge on any atom is -0.502 e. The molecular weight excluding hydrogens is 332 g/mol. The third-order valence-electron chi connectivity index (χ3n) is 4.25. The number of ether oxygens (including phenoxy) is 3. The van der Waals surface area contributed by atoms with Crippen LogP contribution in [0.4, 0.5) is 0 Å². The van der Waals surface area contributed by atoms with Gasteiger partial charge in [0.25, 0.3) is 0 Å². The van der Waals surface area contributed by atoms with Crippen molar-refractivity contribution in [2.45, 2.75) is 59.7 Å². The van der Waals surface area contributed by atoms with Crippen molar-refractivity contribution >= 4 is 18.1 Å². The number of carbonyl (C=O) groups excluding carboxylic acids is 1. The number of rotatable bonds is 1. The molecule has 5 heteroatoms. The lowest BCUT2D eigenvalue weighted by atomic mass is 9.94. The van der Waals surface area contributed by atoms with Gasteiger partial charge >= 0.3 is 5.97 Å². The van der Waals surface area contributed by atoms with Gasteiger partial charge in [-0.25, -0.2) is 0 Å². The highest BCUT2D eigenvalue weighted by Crippen LogP contribution is 2.54. The Kier molecular flexibility index (Phi) is 3.91. The first-order valence-corrected chi connectivity index (χ1v) is 8.72. The molecule has 0 bridgehead atoms. The molecule has 0 atom stereocenters. The second-order valence-electron chi connectivity index (χ2n) is 8.88. The van der Waals surface area contributed by atoms with Gasteiger partial charge in [-0.3, -0.25) is 4.79 Å². The Morgan fingerprint density at radius 1 is 0.962 bits per heavy atom. The summed E-state index contributed by atoms with van der Waals surface area (Å²) in [5, 5.41) is 10.8. The molecule has 0 fully saturated rings. The Morgan fingerprint density at radius 3 is 2.00 bits per heavy atom. The molecule has 0 amide bonds. The summed E-state index contributed by atoms with van der Waals surface area (Å²) in [6, 6.07) is 0. The normalized spacial score (nSPS) is 19.0. The van der Waals surface area contributed by atoms with Crippen LogP contribution in [0.15, 0.2) is 12.2 Å². The average molecular weight is 358 g/mol. The Morgan fingerprint density at radius 2 is 1.46 bits per heavy atom. The number of hydrogen-bond donors (Lipinski definition) is 1. The van der Waals surface area contributed by atoms with Crippen molar-refractivity contribution in [2.75, 3.05) is 0 Å². The molecule has 0 saturated carbocycles. The lowest BCUT2D eigenvalue weighted by Gasteiger charge is -2.35. The van der Waals surface area contributed by atoms with Crippen molar-refractivity contribution in [1.29, 1.82) is 0 Å². The summed E-state index contributed by atoms with van der Waals surface area (Å²) in [7, 11) is 0. The molecule has 5 nitrogen and oxygen atoms in total. The predicted molar refractivity (Wildman–Crippen MR) is 101 cm³/mol. The summed E-state index contributed by atoms with van der Waals surface area (Å²) in [6.45, 7) is 12.9. The fourth-order valence-corrected chi connectivity index (χ4v) is 2.74. The standard InChI is InChI=1S/C21H26O5/c1-19(2,3)18(23)24-16-12-8-10-20(4,5)25-15(12)13-9-11-21(6,7)26-17(13)14(16)22/h8-11,22H,1-7H3. The van der Waals surface area contributed by atoms with Crippen LogP contribution >= 0.6 is 0 Å². The Hall–Kier alpha value is -2.43. The smallest absolute Gasteiger partial charge is 0.316 e. The molecular formula is C21H26O5. The van der Waals surface area contributed by atoms with E-state index >= 15 is 0 Å². The number of esters is 1. The summed E-state index contributed by atoms with van der Waals surface area (Å²) in [5.41, 5.74) is -0.655. The Bertz CT molecular complexity index is 835. The number of benzene rings is 1. The zero-order chi connectivity index (χ0) is 19.5. The molecule has 0 spiro atoms. The van der Waals surface area contributed by atoms with Gasteiger partial charge in [-0.05, 0) is 72.8 Å². The molecule has 0 radical (unpaired) electrons. The largest absolute Gasteiger partial charge is 0.502 e. The van der Waals surface area contributed by atoms with E-state index in [-0.39, 0.29) is 17.2 Å². The number of phenols is 1. The van der Waals surface area contributed by atoms with Gasteiger partial charge in [0.05, 0.1) is 16.5 Å². The van der Waals surface area contributed by atoms with E-state index in [1.165, 1.54) is 0 Å². The Balaban J connectivity index is 2.23.